The lowest BCUT2D eigenvalue weighted by Crippen LogP contribution is -2.66. The molecule has 0 saturated carbocycles. The van der Waals surface area contributed by atoms with Crippen LogP contribution in [0.1, 0.15) is 48.5 Å². The molecule has 0 aromatic heterocycles. The number of rotatable bonds is 11. The summed E-state index contributed by atoms with van der Waals surface area (Å²) in [4.78, 5) is 60.8. The van der Waals surface area contributed by atoms with Crippen LogP contribution in [0.2, 0.25) is 0 Å². The smallest absolute Gasteiger partial charge is 0.325 e. The van der Waals surface area contributed by atoms with E-state index in [0.717, 1.165) is 0 Å². The molecule has 0 saturated heterocycles. The average molecular weight is 430 g/mol. The first-order valence-corrected chi connectivity index (χ1v) is 9.63. The molecular formula is C19H35N5O6. The van der Waals surface area contributed by atoms with Crippen molar-refractivity contribution in [1.29, 1.82) is 0 Å². The SMILES string of the molecule is CCOC(=O)CNC(=O)C(C)(C)NC(=O)C(C)(C)NC(=O)C(C)(C)NC(=O)CNC. The zero-order valence-corrected chi connectivity index (χ0v) is 19.1. The Balaban J connectivity index is 5.02. The van der Waals surface area contributed by atoms with Gasteiger partial charge in [0.2, 0.25) is 23.6 Å². The molecule has 0 aliphatic rings. The summed E-state index contributed by atoms with van der Waals surface area (Å²) in [6.45, 7) is 10.4. The van der Waals surface area contributed by atoms with Crippen LogP contribution in [0.4, 0.5) is 0 Å². The van der Waals surface area contributed by atoms with E-state index in [9.17, 15) is 24.0 Å². The maximum atomic E-state index is 12.7. The van der Waals surface area contributed by atoms with Crippen LogP contribution in [0.5, 0.6) is 0 Å². The normalized spacial score (nSPS) is 11.9. The van der Waals surface area contributed by atoms with Gasteiger partial charge in [0.05, 0.1) is 13.2 Å². The number of hydrogen-bond donors (Lipinski definition) is 5. The van der Waals surface area contributed by atoms with E-state index in [4.69, 9.17) is 4.74 Å². The first-order chi connectivity index (χ1) is 13.6. The van der Waals surface area contributed by atoms with Gasteiger partial charge in [-0.05, 0) is 55.5 Å². The van der Waals surface area contributed by atoms with Crippen molar-refractivity contribution in [2.45, 2.75) is 65.1 Å². The molecule has 0 spiro atoms. The molecule has 0 aromatic rings. The molecule has 0 radical (unpaired) electrons. The maximum absolute atomic E-state index is 12.7. The van der Waals surface area contributed by atoms with Crippen molar-refractivity contribution in [2.24, 2.45) is 0 Å². The van der Waals surface area contributed by atoms with Crippen molar-refractivity contribution in [2.75, 3.05) is 26.7 Å². The van der Waals surface area contributed by atoms with Gasteiger partial charge in [0, 0.05) is 0 Å². The molecular weight excluding hydrogens is 394 g/mol. The van der Waals surface area contributed by atoms with Crippen LogP contribution in [0.15, 0.2) is 0 Å². The van der Waals surface area contributed by atoms with E-state index >= 15 is 0 Å². The first kappa shape index (κ1) is 27.3. The molecule has 0 aromatic carbocycles. The fourth-order valence-corrected chi connectivity index (χ4v) is 2.19. The molecule has 0 aliphatic carbocycles. The molecule has 11 nitrogen and oxygen atoms in total. The number of hydrogen-bond acceptors (Lipinski definition) is 7. The van der Waals surface area contributed by atoms with Gasteiger partial charge in [0.15, 0.2) is 0 Å². The van der Waals surface area contributed by atoms with Gasteiger partial charge in [-0.15, -0.1) is 0 Å². The Labute approximate surface area is 177 Å². The Morgan fingerprint density at radius 3 is 1.57 bits per heavy atom. The number of carbonyl (C=O) groups is 5. The highest BCUT2D eigenvalue weighted by molar-refractivity contribution is 5.98. The molecule has 30 heavy (non-hydrogen) atoms. The summed E-state index contributed by atoms with van der Waals surface area (Å²) in [5.74, 6) is -2.76. The zero-order chi connectivity index (χ0) is 23.8. The van der Waals surface area contributed by atoms with E-state index < -0.39 is 40.3 Å². The third-order valence-corrected chi connectivity index (χ3v) is 4.04. The molecule has 0 aliphatic heterocycles. The monoisotopic (exact) mass is 429 g/mol. The lowest BCUT2D eigenvalue weighted by Gasteiger charge is -2.34. The van der Waals surface area contributed by atoms with Crippen LogP contribution in [-0.4, -0.2) is 73.0 Å². The van der Waals surface area contributed by atoms with Gasteiger partial charge in [0.25, 0.3) is 0 Å². The molecule has 172 valence electrons. The van der Waals surface area contributed by atoms with Crippen LogP contribution in [0.25, 0.3) is 0 Å². The molecule has 0 bridgehead atoms. The number of carbonyl (C=O) groups excluding carboxylic acids is 5. The molecule has 0 unspecified atom stereocenters. The predicted octanol–water partition coefficient (Wildman–Crippen LogP) is -1.43. The van der Waals surface area contributed by atoms with Gasteiger partial charge in [-0.25, -0.2) is 0 Å². The van der Waals surface area contributed by atoms with Gasteiger partial charge >= 0.3 is 5.97 Å². The largest absolute Gasteiger partial charge is 0.465 e. The molecule has 0 rings (SSSR count). The van der Waals surface area contributed by atoms with Crippen molar-refractivity contribution in [3.63, 3.8) is 0 Å². The third kappa shape index (κ3) is 8.76. The molecule has 11 heteroatoms. The van der Waals surface area contributed by atoms with E-state index in [2.05, 4.69) is 26.6 Å². The van der Waals surface area contributed by atoms with Crippen molar-refractivity contribution < 1.29 is 28.7 Å². The van der Waals surface area contributed by atoms with Gasteiger partial charge in [-0.2, -0.15) is 0 Å². The van der Waals surface area contributed by atoms with E-state index in [0.29, 0.717) is 0 Å². The van der Waals surface area contributed by atoms with E-state index in [1.165, 1.54) is 41.5 Å². The predicted molar refractivity (Wildman–Crippen MR) is 110 cm³/mol. The minimum absolute atomic E-state index is 0.0374. The highest BCUT2D eigenvalue weighted by Crippen LogP contribution is 2.11. The van der Waals surface area contributed by atoms with E-state index in [1.807, 2.05) is 0 Å². The fraction of sp³-hybridized carbons (Fsp3) is 0.737. The minimum Gasteiger partial charge on any atom is -0.465 e. The van der Waals surface area contributed by atoms with Crippen LogP contribution >= 0.6 is 0 Å². The van der Waals surface area contributed by atoms with Crippen LogP contribution in [0, 0.1) is 0 Å². The van der Waals surface area contributed by atoms with Crippen molar-refractivity contribution >= 4 is 29.6 Å². The fourth-order valence-electron chi connectivity index (χ4n) is 2.19. The minimum atomic E-state index is -1.39. The second kappa shape index (κ2) is 10.9. The summed E-state index contributed by atoms with van der Waals surface area (Å²) >= 11 is 0. The number of esters is 1. The summed E-state index contributed by atoms with van der Waals surface area (Å²) in [5, 5.41) is 12.8. The maximum Gasteiger partial charge on any atom is 0.325 e. The molecule has 0 atom stereocenters. The lowest BCUT2D eigenvalue weighted by atomic mass is 9.96. The van der Waals surface area contributed by atoms with Crippen LogP contribution < -0.4 is 26.6 Å². The Kier molecular flexibility index (Phi) is 9.93. The van der Waals surface area contributed by atoms with Crippen molar-refractivity contribution in [3.8, 4) is 0 Å². The van der Waals surface area contributed by atoms with Crippen molar-refractivity contribution in [3.05, 3.63) is 0 Å². The van der Waals surface area contributed by atoms with Gasteiger partial charge in [-0.1, -0.05) is 0 Å². The number of likely N-dealkylation sites (N-methyl/N-ethyl adjacent to an activating group) is 1. The Morgan fingerprint density at radius 2 is 1.13 bits per heavy atom. The first-order valence-electron chi connectivity index (χ1n) is 9.63. The van der Waals surface area contributed by atoms with E-state index in [-0.39, 0.29) is 25.6 Å². The topological polar surface area (TPSA) is 155 Å². The lowest BCUT2D eigenvalue weighted by molar-refractivity contribution is -0.144. The number of nitrogens with one attached hydrogen (secondary N) is 5. The Morgan fingerprint density at radius 1 is 0.700 bits per heavy atom. The molecule has 5 N–H and O–H groups in total. The standard InChI is InChI=1S/C19H35N5O6/c1-9-30-13(26)11-21-14(27)17(2,3)23-16(29)19(6,7)24-15(28)18(4,5)22-12(25)10-20-8/h20H,9-11H2,1-8H3,(H,21,27)(H,22,25)(H,23,29)(H,24,28). The number of amides is 4. The summed E-state index contributed by atoms with van der Waals surface area (Å²) in [6.07, 6.45) is 0. The average Bonchev–Trinajstić information content (AvgIpc) is 2.58. The summed E-state index contributed by atoms with van der Waals surface area (Å²) in [5.41, 5.74) is -4.01. The van der Waals surface area contributed by atoms with Crippen LogP contribution in [0.3, 0.4) is 0 Å². The molecule has 4 amide bonds. The Bertz CT molecular complexity index is 672. The third-order valence-electron chi connectivity index (χ3n) is 4.04. The molecule has 0 fully saturated rings. The van der Waals surface area contributed by atoms with Crippen LogP contribution in [-0.2, 0) is 28.7 Å². The van der Waals surface area contributed by atoms with Crippen molar-refractivity contribution in [1.82, 2.24) is 26.6 Å². The van der Waals surface area contributed by atoms with Gasteiger partial charge in [0.1, 0.15) is 23.2 Å². The molecule has 0 heterocycles. The second-order valence-electron chi connectivity index (χ2n) is 8.35. The summed E-state index contributed by atoms with van der Waals surface area (Å²) in [6, 6.07) is 0. The number of ether oxygens (including phenoxy) is 1. The zero-order valence-electron chi connectivity index (χ0n) is 19.1. The highest BCUT2D eigenvalue weighted by atomic mass is 16.5. The van der Waals surface area contributed by atoms with Gasteiger partial charge in [-0.3, -0.25) is 24.0 Å². The highest BCUT2D eigenvalue weighted by Gasteiger charge is 2.40. The quantitative estimate of drug-likeness (QED) is 0.252. The summed E-state index contributed by atoms with van der Waals surface area (Å²) in [7, 11) is 1.60. The van der Waals surface area contributed by atoms with E-state index in [1.54, 1.807) is 14.0 Å². The summed E-state index contributed by atoms with van der Waals surface area (Å²) < 4.78 is 4.74. The second-order valence-corrected chi connectivity index (χ2v) is 8.35. The van der Waals surface area contributed by atoms with Gasteiger partial charge < -0.3 is 31.3 Å². The Hall–Kier alpha value is -2.69.